The van der Waals surface area contributed by atoms with Crippen LogP contribution in [0.5, 0.6) is 0 Å². The molecule has 0 unspecified atom stereocenters. The lowest BCUT2D eigenvalue weighted by Gasteiger charge is -1.99. The van der Waals surface area contributed by atoms with Crippen molar-refractivity contribution in [2.45, 2.75) is 19.8 Å². The van der Waals surface area contributed by atoms with Crippen molar-refractivity contribution in [3.05, 3.63) is 35.7 Å². The van der Waals surface area contributed by atoms with E-state index in [4.69, 9.17) is 9.63 Å². The fraction of sp³-hybridized carbons (Fsp3) is 0.250. The molecule has 2 heterocycles. The summed E-state index contributed by atoms with van der Waals surface area (Å²) in [5.74, 6) is -0.621. The Morgan fingerprint density at radius 3 is 2.88 bits per heavy atom. The van der Waals surface area contributed by atoms with Gasteiger partial charge in [-0.1, -0.05) is 24.6 Å². The Morgan fingerprint density at radius 2 is 2.29 bits per heavy atom. The molecule has 2 aromatic heterocycles. The van der Waals surface area contributed by atoms with Crippen molar-refractivity contribution < 1.29 is 14.4 Å². The second-order valence-electron chi connectivity index (χ2n) is 3.61. The first-order chi connectivity index (χ1) is 8.24. The van der Waals surface area contributed by atoms with E-state index >= 15 is 0 Å². The summed E-state index contributed by atoms with van der Waals surface area (Å²) in [6, 6.07) is 5.38. The van der Waals surface area contributed by atoms with Crippen LogP contribution in [0.3, 0.4) is 0 Å². The number of aromatic nitrogens is 2. The van der Waals surface area contributed by atoms with Crippen molar-refractivity contribution in [3.63, 3.8) is 0 Å². The zero-order valence-corrected chi connectivity index (χ0v) is 9.38. The van der Waals surface area contributed by atoms with Crippen LogP contribution in [-0.4, -0.2) is 21.2 Å². The number of hydrogen-bond acceptors (Lipinski definition) is 4. The highest BCUT2D eigenvalue weighted by Crippen LogP contribution is 2.25. The van der Waals surface area contributed by atoms with Crippen molar-refractivity contribution in [2.24, 2.45) is 0 Å². The number of hydrogen-bond donors (Lipinski definition) is 1. The maximum atomic E-state index is 11.0. The van der Waals surface area contributed by atoms with Crippen molar-refractivity contribution in [1.82, 2.24) is 10.1 Å². The third-order valence-electron chi connectivity index (χ3n) is 2.39. The average molecular weight is 232 g/mol. The lowest BCUT2D eigenvalue weighted by molar-refractivity contribution is 0.0684. The Morgan fingerprint density at radius 1 is 1.47 bits per heavy atom. The molecule has 0 aliphatic heterocycles. The molecule has 0 atom stereocenters. The minimum Gasteiger partial charge on any atom is -0.476 e. The lowest BCUT2D eigenvalue weighted by Crippen LogP contribution is -2.01. The number of aromatic carboxylic acids is 1. The number of carboxylic acids is 1. The number of nitrogens with zero attached hydrogens (tertiary/aromatic N) is 2. The minimum absolute atomic E-state index is 0.0208. The summed E-state index contributed by atoms with van der Waals surface area (Å²) >= 11 is 0. The Hall–Kier alpha value is -2.17. The molecule has 0 saturated carbocycles. The van der Waals surface area contributed by atoms with E-state index in [0.717, 1.165) is 6.42 Å². The molecule has 0 aliphatic carbocycles. The summed E-state index contributed by atoms with van der Waals surface area (Å²) in [6.07, 6.45) is 3.06. The van der Waals surface area contributed by atoms with Gasteiger partial charge in [0.05, 0.1) is 0 Å². The number of carboxylic acid groups (broad SMARTS) is 1. The summed E-state index contributed by atoms with van der Waals surface area (Å²) < 4.78 is 5.10. The molecular formula is C12H12N2O3. The fourth-order valence-corrected chi connectivity index (χ4v) is 1.66. The maximum Gasteiger partial charge on any atom is 0.358 e. The van der Waals surface area contributed by atoms with Gasteiger partial charge in [-0.15, -0.1) is 0 Å². The van der Waals surface area contributed by atoms with Gasteiger partial charge in [-0.25, -0.2) is 4.79 Å². The van der Waals surface area contributed by atoms with E-state index < -0.39 is 5.97 Å². The molecule has 0 fully saturated rings. The fourth-order valence-electron chi connectivity index (χ4n) is 1.66. The highest BCUT2D eigenvalue weighted by Gasteiger charge is 2.22. The summed E-state index contributed by atoms with van der Waals surface area (Å²) in [5, 5.41) is 12.6. The first kappa shape index (κ1) is 11.3. The highest BCUT2D eigenvalue weighted by molar-refractivity contribution is 5.88. The zero-order valence-electron chi connectivity index (χ0n) is 9.38. The number of rotatable bonds is 4. The molecule has 5 nitrogen and oxygen atoms in total. The van der Waals surface area contributed by atoms with Crippen LogP contribution in [0.25, 0.3) is 11.5 Å². The predicted octanol–water partition coefficient (Wildman–Crippen LogP) is 2.39. The van der Waals surface area contributed by atoms with E-state index in [1.807, 2.05) is 13.0 Å². The van der Waals surface area contributed by atoms with Crippen LogP contribution in [0.2, 0.25) is 0 Å². The van der Waals surface area contributed by atoms with Gasteiger partial charge in [-0.2, -0.15) is 0 Å². The van der Waals surface area contributed by atoms with Crippen molar-refractivity contribution in [3.8, 4) is 11.5 Å². The number of pyridine rings is 1. The third kappa shape index (κ3) is 2.18. The standard InChI is InChI=1S/C12H12N2O3/c1-2-5-8-10(12(15)16)14-17-11(8)9-6-3-4-7-13-9/h3-4,6-7H,2,5H2,1H3,(H,15,16). The maximum absolute atomic E-state index is 11.0. The SMILES string of the molecule is CCCc1c(C(=O)O)noc1-c1ccccn1. The molecule has 0 saturated heterocycles. The molecule has 1 N–H and O–H groups in total. The second-order valence-corrected chi connectivity index (χ2v) is 3.61. The van der Waals surface area contributed by atoms with Gasteiger partial charge in [0.25, 0.3) is 0 Å². The molecule has 0 aromatic carbocycles. The van der Waals surface area contributed by atoms with Gasteiger partial charge in [0.2, 0.25) is 0 Å². The molecule has 5 heteroatoms. The lowest BCUT2D eigenvalue weighted by atomic mass is 10.1. The Balaban J connectivity index is 2.51. The first-order valence-electron chi connectivity index (χ1n) is 5.37. The largest absolute Gasteiger partial charge is 0.476 e. The van der Waals surface area contributed by atoms with Gasteiger partial charge in [-0.3, -0.25) is 4.98 Å². The summed E-state index contributed by atoms with van der Waals surface area (Å²) in [7, 11) is 0. The van der Waals surface area contributed by atoms with E-state index in [2.05, 4.69) is 10.1 Å². The van der Waals surface area contributed by atoms with Crippen LogP contribution in [0.4, 0.5) is 0 Å². The van der Waals surface area contributed by atoms with Crippen LogP contribution in [0.1, 0.15) is 29.4 Å². The molecule has 0 amide bonds. The molecule has 2 aromatic rings. The predicted molar refractivity (Wildman–Crippen MR) is 60.7 cm³/mol. The normalized spacial score (nSPS) is 10.4. The van der Waals surface area contributed by atoms with Gasteiger partial charge >= 0.3 is 5.97 Å². The molecule has 0 spiro atoms. The van der Waals surface area contributed by atoms with Crippen LogP contribution >= 0.6 is 0 Å². The van der Waals surface area contributed by atoms with Crippen LogP contribution in [0, 0.1) is 0 Å². The van der Waals surface area contributed by atoms with Gasteiger partial charge in [0, 0.05) is 11.8 Å². The molecule has 0 radical (unpaired) electrons. The van der Waals surface area contributed by atoms with Crippen molar-refractivity contribution in [2.75, 3.05) is 0 Å². The van der Waals surface area contributed by atoms with Crippen LogP contribution < -0.4 is 0 Å². The Bertz CT molecular complexity index is 520. The minimum atomic E-state index is -1.07. The van der Waals surface area contributed by atoms with Gasteiger partial charge < -0.3 is 9.63 Å². The summed E-state index contributed by atoms with van der Waals surface area (Å²) in [6.45, 7) is 1.97. The van der Waals surface area contributed by atoms with E-state index in [-0.39, 0.29) is 5.69 Å². The van der Waals surface area contributed by atoms with E-state index in [1.165, 1.54) is 0 Å². The Kier molecular flexibility index (Phi) is 3.18. The zero-order chi connectivity index (χ0) is 12.3. The monoisotopic (exact) mass is 232 g/mol. The van der Waals surface area contributed by atoms with Crippen molar-refractivity contribution in [1.29, 1.82) is 0 Å². The molecule has 88 valence electrons. The topological polar surface area (TPSA) is 76.2 Å². The van der Waals surface area contributed by atoms with E-state index in [9.17, 15) is 4.79 Å². The third-order valence-corrected chi connectivity index (χ3v) is 2.39. The molecule has 0 bridgehead atoms. The van der Waals surface area contributed by atoms with Crippen LogP contribution in [0.15, 0.2) is 28.9 Å². The Labute approximate surface area is 98.1 Å². The van der Waals surface area contributed by atoms with Gasteiger partial charge in [0.15, 0.2) is 11.5 Å². The van der Waals surface area contributed by atoms with Crippen molar-refractivity contribution >= 4 is 5.97 Å². The van der Waals surface area contributed by atoms with Crippen LogP contribution in [-0.2, 0) is 6.42 Å². The van der Waals surface area contributed by atoms with Gasteiger partial charge in [0.1, 0.15) is 5.69 Å². The molecule has 2 rings (SSSR count). The first-order valence-corrected chi connectivity index (χ1v) is 5.37. The summed E-state index contributed by atoms with van der Waals surface area (Å²) in [5.41, 5.74) is 1.20. The molecule has 17 heavy (non-hydrogen) atoms. The highest BCUT2D eigenvalue weighted by atomic mass is 16.5. The van der Waals surface area contributed by atoms with Gasteiger partial charge in [-0.05, 0) is 18.6 Å². The van der Waals surface area contributed by atoms with E-state index in [0.29, 0.717) is 23.4 Å². The number of carbonyl (C=O) groups is 1. The quantitative estimate of drug-likeness (QED) is 0.875. The molecular weight excluding hydrogens is 220 g/mol. The average Bonchev–Trinajstić information content (AvgIpc) is 2.75. The second kappa shape index (κ2) is 4.78. The van der Waals surface area contributed by atoms with E-state index in [1.54, 1.807) is 18.3 Å². The summed E-state index contributed by atoms with van der Waals surface area (Å²) in [4.78, 5) is 15.1. The molecule has 0 aliphatic rings. The smallest absolute Gasteiger partial charge is 0.358 e.